The third-order valence-corrected chi connectivity index (χ3v) is 3.16. The predicted molar refractivity (Wildman–Crippen MR) is 69.0 cm³/mol. The minimum Gasteiger partial charge on any atom is -0.493 e. The molecule has 5 nitrogen and oxygen atoms in total. The number of carbonyl (C=O) groups is 1. The Hall–Kier alpha value is -1.75. The summed E-state index contributed by atoms with van der Waals surface area (Å²) < 4.78 is 16.5. The second-order valence-electron chi connectivity index (χ2n) is 4.63. The van der Waals surface area contributed by atoms with E-state index in [-0.39, 0.29) is 17.8 Å². The summed E-state index contributed by atoms with van der Waals surface area (Å²) in [7, 11) is 1.49. The lowest BCUT2D eigenvalue weighted by Crippen LogP contribution is -2.18. The van der Waals surface area contributed by atoms with E-state index in [9.17, 15) is 4.79 Å². The molecule has 1 aromatic carbocycles. The number of rotatable bonds is 5. The maximum atomic E-state index is 10.9. The van der Waals surface area contributed by atoms with E-state index in [0.29, 0.717) is 18.1 Å². The van der Waals surface area contributed by atoms with E-state index in [0.717, 1.165) is 12.8 Å². The van der Waals surface area contributed by atoms with Crippen LogP contribution in [0.4, 0.5) is 0 Å². The lowest BCUT2D eigenvalue weighted by molar-refractivity contribution is 0.0259. The highest BCUT2D eigenvalue weighted by atomic mass is 16.6. The van der Waals surface area contributed by atoms with Crippen LogP contribution in [-0.2, 0) is 4.74 Å². The first-order chi connectivity index (χ1) is 9.10. The molecule has 19 heavy (non-hydrogen) atoms. The van der Waals surface area contributed by atoms with Gasteiger partial charge in [-0.15, -0.1) is 0 Å². The summed E-state index contributed by atoms with van der Waals surface area (Å²) >= 11 is 0. The molecule has 0 radical (unpaired) electrons. The fourth-order valence-electron chi connectivity index (χ4n) is 2.11. The molecule has 2 atom stereocenters. The van der Waals surface area contributed by atoms with Gasteiger partial charge in [-0.05, 0) is 38.0 Å². The van der Waals surface area contributed by atoms with Gasteiger partial charge in [-0.25, -0.2) is 4.79 Å². The molecule has 2 unspecified atom stereocenters. The Morgan fingerprint density at radius 3 is 2.79 bits per heavy atom. The van der Waals surface area contributed by atoms with Crippen LogP contribution in [0.25, 0.3) is 0 Å². The summed E-state index contributed by atoms with van der Waals surface area (Å²) in [4.78, 5) is 10.9. The van der Waals surface area contributed by atoms with Gasteiger partial charge in [-0.2, -0.15) is 0 Å². The van der Waals surface area contributed by atoms with E-state index in [4.69, 9.17) is 19.3 Å². The van der Waals surface area contributed by atoms with Gasteiger partial charge in [0.25, 0.3) is 0 Å². The number of carboxylic acids is 1. The van der Waals surface area contributed by atoms with Crippen molar-refractivity contribution in [2.45, 2.75) is 32.0 Å². The Kier molecular flexibility index (Phi) is 4.27. The van der Waals surface area contributed by atoms with E-state index in [2.05, 4.69) is 0 Å². The molecule has 5 heteroatoms. The van der Waals surface area contributed by atoms with Crippen LogP contribution in [-0.4, -0.2) is 37.0 Å². The zero-order valence-electron chi connectivity index (χ0n) is 11.1. The van der Waals surface area contributed by atoms with Gasteiger partial charge in [0.05, 0.1) is 24.9 Å². The van der Waals surface area contributed by atoms with Crippen LogP contribution in [0.2, 0.25) is 0 Å². The molecule has 0 aromatic heterocycles. The molecule has 1 fully saturated rings. The van der Waals surface area contributed by atoms with Gasteiger partial charge in [-0.3, -0.25) is 0 Å². The molecule has 1 N–H and O–H groups in total. The minimum absolute atomic E-state index is 0.0962. The largest absolute Gasteiger partial charge is 0.493 e. The van der Waals surface area contributed by atoms with E-state index in [1.165, 1.54) is 19.2 Å². The van der Waals surface area contributed by atoms with Crippen molar-refractivity contribution in [1.82, 2.24) is 0 Å². The third-order valence-electron chi connectivity index (χ3n) is 3.16. The number of methoxy groups -OCH3 is 1. The number of benzene rings is 1. The summed E-state index contributed by atoms with van der Waals surface area (Å²) in [6, 6.07) is 4.56. The van der Waals surface area contributed by atoms with Gasteiger partial charge in [0.1, 0.15) is 6.61 Å². The van der Waals surface area contributed by atoms with Crippen LogP contribution in [0.15, 0.2) is 18.2 Å². The monoisotopic (exact) mass is 266 g/mol. The van der Waals surface area contributed by atoms with Crippen molar-refractivity contribution in [2.75, 3.05) is 13.7 Å². The Bertz CT molecular complexity index is 457. The standard InChI is InChI=1S/C14H18O5/c1-9-3-5-11(19-9)8-18-12-6-4-10(14(15)16)7-13(12)17-2/h4,6-7,9,11H,3,5,8H2,1-2H3,(H,15,16). The highest BCUT2D eigenvalue weighted by molar-refractivity contribution is 5.88. The molecule has 1 aliphatic rings. The number of hydrogen-bond acceptors (Lipinski definition) is 4. The predicted octanol–water partition coefficient (Wildman–Crippen LogP) is 2.34. The maximum absolute atomic E-state index is 10.9. The topological polar surface area (TPSA) is 65.0 Å². The van der Waals surface area contributed by atoms with Crippen LogP contribution in [0.3, 0.4) is 0 Å². The molecule has 2 rings (SSSR count). The van der Waals surface area contributed by atoms with Gasteiger partial charge in [0, 0.05) is 0 Å². The summed E-state index contributed by atoms with van der Waals surface area (Å²) in [6.45, 7) is 2.50. The second-order valence-corrected chi connectivity index (χ2v) is 4.63. The number of carboxylic acid groups (broad SMARTS) is 1. The van der Waals surface area contributed by atoms with Crippen molar-refractivity contribution in [2.24, 2.45) is 0 Å². The van der Waals surface area contributed by atoms with Crippen molar-refractivity contribution < 1.29 is 24.1 Å². The zero-order chi connectivity index (χ0) is 13.8. The van der Waals surface area contributed by atoms with Crippen molar-refractivity contribution in [3.63, 3.8) is 0 Å². The zero-order valence-corrected chi connectivity index (χ0v) is 11.1. The first-order valence-electron chi connectivity index (χ1n) is 6.29. The van der Waals surface area contributed by atoms with Crippen molar-refractivity contribution >= 4 is 5.97 Å². The SMILES string of the molecule is COc1cc(C(=O)O)ccc1OCC1CCC(C)O1. The van der Waals surface area contributed by atoms with E-state index in [1.807, 2.05) is 6.92 Å². The first kappa shape index (κ1) is 13.7. The summed E-state index contributed by atoms with van der Waals surface area (Å²) in [5, 5.41) is 8.91. The maximum Gasteiger partial charge on any atom is 0.335 e. The summed E-state index contributed by atoms with van der Waals surface area (Å²) in [5.41, 5.74) is 0.176. The molecule has 0 bridgehead atoms. The summed E-state index contributed by atoms with van der Waals surface area (Å²) in [6.07, 6.45) is 2.41. The minimum atomic E-state index is -0.988. The van der Waals surface area contributed by atoms with Crippen molar-refractivity contribution in [1.29, 1.82) is 0 Å². The molecule has 1 aromatic rings. The Morgan fingerprint density at radius 2 is 2.21 bits per heavy atom. The van der Waals surface area contributed by atoms with E-state index < -0.39 is 5.97 Å². The Morgan fingerprint density at radius 1 is 1.42 bits per heavy atom. The van der Waals surface area contributed by atoms with Gasteiger partial charge >= 0.3 is 5.97 Å². The van der Waals surface area contributed by atoms with Gasteiger partial charge in [0.15, 0.2) is 11.5 Å². The molecular formula is C14H18O5. The highest BCUT2D eigenvalue weighted by Crippen LogP contribution is 2.29. The van der Waals surface area contributed by atoms with E-state index in [1.54, 1.807) is 6.07 Å². The molecule has 1 heterocycles. The first-order valence-corrected chi connectivity index (χ1v) is 6.29. The quantitative estimate of drug-likeness (QED) is 0.886. The van der Waals surface area contributed by atoms with Gasteiger partial charge < -0.3 is 19.3 Å². The number of aromatic carboxylic acids is 1. The van der Waals surface area contributed by atoms with Gasteiger partial charge in [0.2, 0.25) is 0 Å². The van der Waals surface area contributed by atoms with Gasteiger partial charge in [-0.1, -0.05) is 0 Å². The highest BCUT2D eigenvalue weighted by Gasteiger charge is 2.22. The molecule has 0 saturated carbocycles. The fourth-order valence-corrected chi connectivity index (χ4v) is 2.11. The molecule has 1 aliphatic heterocycles. The average molecular weight is 266 g/mol. The molecule has 104 valence electrons. The van der Waals surface area contributed by atoms with Crippen LogP contribution < -0.4 is 9.47 Å². The average Bonchev–Trinajstić information content (AvgIpc) is 2.81. The van der Waals surface area contributed by atoms with Crippen LogP contribution in [0.5, 0.6) is 11.5 Å². The third kappa shape index (κ3) is 3.38. The molecule has 1 saturated heterocycles. The summed E-state index contributed by atoms with van der Waals surface area (Å²) in [5.74, 6) is -0.0283. The molecular weight excluding hydrogens is 248 g/mol. The van der Waals surface area contributed by atoms with Crippen LogP contribution >= 0.6 is 0 Å². The Labute approximate surface area is 112 Å². The van der Waals surface area contributed by atoms with Crippen LogP contribution in [0.1, 0.15) is 30.1 Å². The normalized spacial score (nSPS) is 22.2. The fraction of sp³-hybridized carbons (Fsp3) is 0.500. The molecule has 0 aliphatic carbocycles. The van der Waals surface area contributed by atoms with E-state index >= 15 is 0 Å². The lowest BCUT2D eigenvalue weighted by Gasteiger charge is -2.15. The number of ether oxygens (including phenoxy) is 3. The smallest absolute Gasteiger partial charge is 0.335 e. The lowest BCUT2D eigenvalue weighted by atomic mass is 10.2. The van der Waals surface area contributed by atoms with Crippen LogP contribution in [0, 0.1) is 0 Å². The molecule has 0 amide bonds. The second kappa shape index (κ2) is 5.93. The van der Waals surface area contributed by atoms with Crippen molar-refractivity contribution in [3.8, 4) is 11.5 Å². The van der Waals surface area contributed by atoms with Crippen molar-refractivity contribution in [3.05, 3.63) is 23.8 Å². The Balaban J connectivity index is 2.01. The molecule has 0 spiro atoms. The number of hydrogen-bond donors (Lipinski definition) is 1.